The molecule has 0 spiro atoms. The van der Waals surface area contributed by atoms with E-state index in [2.05, 4.69) is 209 Å². The lowest BCUT2D eigenvalue weighted by Gasteiger charge is -2.29. The average molecular weight is 704 g/mol. The summed E-state index contributed by atoms with van der Waals surface area (Å²) in [5.74, 6) is 0. The summed E-state index contributed by atoms with van der Waals surface area (Å²) in [6.07, 6.45) is 0. The Morgan fingerprint density at radius 1 is 0.345 bits per heavy atom. The molecule has 11 rings (SSSR count). The molecule has 262 valence electrons. The number of rotatable bonds is 4. The van der Waals surface area contributed by atoms with E-state index in [0.29, 0.717) is 0 Å². The first-order valence-electron chi connectivity index (χ1n) is 19.5. The molecule has 0 aromatic heterocycles. The molecule has 0 bridgehead atoms. The van der Waals surface area contributed by atoms with Gasteiger partial charge in [-0.1, -0.05) is 167 Å². The van der Waals surface area contributed by atoms with Gasteiger partial charge in [0.1, 0.15) is 0 Å². The first-order valence-corrected chi connectivity index (χ1v) is 19.5. The summed E-state index contributed by atoms with van der Waals surface area (Å²) in [5.41, 5.74) is 16.6. The largest absolute Gasteiger partial charge is 0.310 e. The van der Waals surface area contributed by atoms with Crippen molar-refractivity contribution >= 4 is 49.4 Å². The topological polar surface area (TPSA) is 3.24 Å². The van der Waals surface area contributed by atoms with E-state index in [4.69, 9.17) is 0 Å². The molecule has 0 aliphatic heterocycles. The predicted octanol–water partition coefficient (Wildman–Crippen LogP) is 14.9. The Hall–Kier alpha value is -6.44. The Kier molecular flexibility index (Phi) is 6.72. The zero-order valence-corrected chi connectivity index (χ0v) is 31.7. The Bertz CT molecular complexity index is 3040. The molecule has 0 N–H and O–H groups in total. The van der Waals surface area contributed by atoms with E-state index in [1.807, 2.05) is 0 Å². The van der Waals surface area contributed by atoms with E-state index in [1.54, 1.807) is 0 Å². The van der Waals surface area contributed by atoms with Crippen molar-refractivity contribution in [2.24, 2.45) is 0 Å². The molecule has 0 fully saturated rings. The van der Waals surface area contributed by atoms with Crippen molar-refractivity contribution in [2.45, 2.75) is 38.5 Å². The van der Waals surface area contributed by atoms with Crippen molar-refractivity contribution in [1.82, 2.24) is 0 Å². The highest BCUT2D eigenvalue weighted by atomic mass is 15.1. The van der Waals surface area contributed by atoms with Crippen LogP contribution in [0.25, 0.3) is 65.7 Å². The van der Waals surface area contributed by atoms with E-state index in [-0.39, 0.29) is 10.8 Å². The fourth-order valence-electron chi connectivity index (χ4n) is 10.2. The van der Waals surface area contributed by atoms with Crippen molar-refractivity contribution in [3.05, 3.63) is 198 Å². The van der Waals surface area contributed by atoms with Crippen LogP contribution in [0.2, 0.25) is 0 Å². The molecule has 1 heteroatoms. The molecular weight excluding hydrogens is 663 g/mol. The van der Waals surface area contributed by atoms with Gasteiger partial charge in [0.25, 0.3) is 0 Å². The van der Waals surface area contributed by atoms with Gasteiger partial charge in [-0.15, -0.1) is 0 Å². The van der Waals surface area contributed by atoms with Gasteiger partial charge in [-0.05, 0) is 124 Å². The molecule has 2 aliphatic rings. The fourth-order valence-corrected chi connectivity index (χ4v) is 10.2. The minimum Gasteiger partial charge on any atom is -0.310 e. The van der Waals surface area contributed by atoms with Crippen molar-refractivity contribution < 1.29 is 0 Å². The maximum absolute atomic E-state index is 2.46. The number of hydrogen-bond donors (Lipinski definition) is 0. The third-order valence-electron chi connectivity index (χ3n) is 12.7. The lowest BCUT2D eigenvalue weighted by molar-refractivity contribution is 0.661. The van der Waals surface area contributed by atoms with E-state index in [0.717, 1.165) is 17.1 Å². The first kappa shape index (κ1) is 32.0. The summed E-state index contributed by atoms with van der Waals surface area (Å²) in [7, 11) is 0. The molecule has 0 saturated heterocycles. The van der Waals surface area contributed by atoms with Crippen molar-refractivity contribution in [1.29, 1.82) is 0 Å². The summed E-state index contributed by atoms with van der Waals surface area (Å²) in [6, 6.07) is 65.6. The van der Waals surface area contributed by atoms with E-state index >= 15 is 0 Å². The number of fused-ring (bicyclic) bond motifs is 12. The molecule has 9 aromatic carbocycles. The molecule has 0 amide bonds. The second-order valence-corrected chi connectivity index (χ2v) is 16.5. The Morgan fingerprint density at radius 3 is 1.69 bits per heavy atom. The van der Waals surface area contributed by atoms with Crippen molar-refractivity contribution in [3.63, 3.8) is 0 Å². The van der Waals surface area contributed by atoms with Crippen LogP contribution in [0, 0.1) is 0 Å². The fraction of sp³-hybridized carbons (Fsp3) is 0.111. The molecular formula is C54H41N. The van der Waals surface area contributed by atoms with Gasteiger partial charge in [-0.2, -0.15) is 0 Å². The highest BCUT2D eigenvalue weighted by molar-refractivity contribution is 6.05. The zero-order chi connectivity index (χ0) is 37.1. The summed E-state index contributed by atoms with van der Waals surface area (Å²) in [5, 5.41) is 7.84. The van der Waals surface area contributed by atoms with Crippen LogP contribution < -0.4 is 4.90 Å². The van der Waals surface area contributed by atoms with Gasteiger partial charge in [0.2, 0.25) is 0 Å². The average Bonchev–Trinajstić information content (AvgIpc) is 3.61. The van der Waals surface area contributed by atoms with E-state index in [9.17, 15) is 0 Å². The molecule has 0 heterocycles. The molecule has 0 unspecified atom stereocenters. The Labute approximate surface area is 323 Å². The van der Waals surface area contributed by atoms with Crippen molar-refractivity contribution in [2.75, 3.05) is 4.90 Å². The number of benzene rings is 9. The maximum atomic E-state index is 2.46. The van der Waals surface area contributed by atoms with Crippen LogP contribution in [-0.4, -0.2) is 0 Å². The monoisotopic (exact) mass is 703 g/mol. The molecule has 9 aromatic rings. The van der Waals surface area contributed by atoms with Crippen molar-refractivity contribution in [3.8, 4) is 33.4 Å². The van der Waals surface area contributed by atoms with Gasteiger partial charge in [-0.25, -0.2) is 0 Å². The van der Waals surface area contributed by atoms with Gasteiger partial charge in [0, 0.05) is 27.9 Å². The van der Waals surface area contributed by atoms with E-state index < -0.39 is 0 Å². The molecule has 55 heavy (non-hydrogen) atoms. The third kappa shape index (κ3) is 4.60. The van der Waals surface area contributed by atoms with Crippen LogP contribution in [0.4, 0.5) is 17.1 Å². The van der Waals surface area contributed by atoms with Crippen LogP contribution in [0.5, 0.6) is 0 Å². The predicted molar refractivity (Wildman–Crippen MR) is 234 cm³/mol. The minimum absolute atomic E-state index is 0.138. The number of anilines is 3. The van der Waals surface area contributed by atoms with Crippen LogP contribution in [0.3, 0.4) is 0 Å². The van der Waals surface area contributed by atoms with Crippen LogP contribution in [0.1, 0.15) is 49.9 Å². The highest BCUT2D eigenvalue weighted by Gasteiger charge is 2.39. The van der Waals surface area contributed by atoms with Gasteiger partial charge in [0.15, 0.2) is 0 Å². The van der Waals surface area contributed by atoms with Gasteiger partial charge < -0.3 is 4.90 Å². The Balaban J connectivity index is 1.10. The molecule has 1 nitrogen and oxygen atoms in total. The van der Waals surface area contributed by atoms with Gasteiger partial charge >= 0.3 is 0 Å². The molecule has 0 saturated carbocycles. The van der Waals surface area contributed by atoms with Crippen LogP contribution in [0.15, 0.2) is 176 Å². The lowest BCUT2D eigenvalue weighted by Crippen LogP contribution is -2.17. The second kappa shape index (κ2) is 11.5. The van der Waals surface area contributed by atoms with Crippen LogP contribution in [-0.2, 0) is 10.8 Å². The number of hydrogen-bond acceptors (Lipinski definition) is 1. The standard InChI is InChI=1S/C54H41N/c1-53(2)48-30-23-35-15-8-10-19-42(35)50(48)47-29-25-41(33-49(47)53)55(39-18-12-17-37(31-39)34-13-6-5-7-14-34)40-24-28-44-38(32-40)22-27-46-45-26-21-36-16-9-11-20-43(36)51(45)54(3,4)52(44)46/h5-33H,1-4H3. The summed E-state index contributed by atoms with van der Waals surface area (Å²) < 4.78 is 0. The Morgan fingerprint density at radius 2 is 0.909 bits per heavy atom. The maximum Gasteiger partial charge on any atom is 0.0468 e. The smallest absolute Gasteiger partial charge is 0.0468 e. The second-order valence-electron chi connectivity index (χ2n) is 16.5. The molecule has 0 atom stereocenters. The zero-order valence-electron chi connectivity index (χ0n) is 31.7. The first-order chi connectivity index (χ1) is 26.8. The highest BCUT2D eigenvalue weighted by Crippen LogP contribution is 2.55. The quantitative estimate of drug-likeness (QED) is 0.176. The third-order valence-corrected chi connectivity index (χ3v) is 12.7. The molecule has 0 radical (unpaired) electrons. The lowest BCUT2D eigenvalue weighted by atomic mass is 9.78. The van der Waals surface area contributed by atoms with Gasteiger partial charge in [0.05, 0.1) is 0 Å². The molecule has 2 aliphatic carbocycles. The normalized spacial score (nSPS) is 14.5. The number of nitrogens with zero attached hydrogens (tertiary/aromatic N) is 1. The summed E-state index contributed by atoms with van der Waals surface area (Å²) in [4.78, 5) is 2.46. The van der Waals surface area contributed by atoms with E-state index in [1.165, 1.54) is 88.0 Å². The SMILES string of the molecule is CC1(C)c2cc(N(c3cccc(-c4ccccc4)c3)c3ccc4c5c(ccc4c3)-c3ccc4ccccc4c3C5(C)C)ccc2-c2c1ccc1ccccc21. The summed E-state index contributed by atoms with van der Waals surface area (Å²) >= 11 is 0. The van der Waals surface area contributed by atoms with Gasteiger partial charge in [-0.3, -0.25) is 0 Å². The summed E-state index contributed by atoms with van der Waals surface area (Å²) in [6.45, 7) is 9.59. The minimum atomic E-state index is -0.142. The van der Waals surface area contributed by atoms with Crippen LogP contribution >= 0.6 is 0 Å².